The number of aliphatic hydroxyl groups is 1. The van der Waals surface area contributed by atoms with Crippen LogP contribution in [0.25, 0.3) is 0 Å². The third kappa shape index (κ3) is 18.9. The molecule has 1 aromatic heterocycles. The van der Waals surface area contributed by atoms with Gasteiger partial charge in [-0.25, -0.2) is 4.68 Å². The van der Waals surface area contributed by atoms with Gasteiger partial charge in [-0.15, -0.1) is 0 Å². The van der Waals surface area contributed by atoms with Crippen LogP contribution in [0.3, 0.4) is 0 Å². The molecule has 9 N–H and O–H groups in total. The fraction of sp³-hybridized carbons (Fsp3) is 0.400. The molecule has 13 nitrogen and oxygen atoms in total. The summed E-state index contributed by atoms with van der Waals surface area (Å²) < 4.78 is 64.6. The normalized spacial score (nSPS) is 10.8. The molecule has 1 heterocycles. The Morgan fingerprint density at radius 2 is 1.40 bits per heavy atom. The van der Waals surface area contributed by atoms with Gasteiger partial charge in [-0.3, -0.25) is 18.2 Å². The van der Waals surface area contributed by atoms with E-state index < -0.39 is 20.8 Å². The van der Waals surface area contributed by atoms with Gasteiger partial charge >= 0.3 is 20.8 Å². The average Bonchev–Trinajstić information content (AvgIpc) is 2.45. The van der Waals surface area contributed by atoms with E-state index in [0.717, 1.165) is 0 Å². The number of rotatable bonds is 2. The van der Waals surface area contributed by atoms with E-state index in [9.17, 15) is 0 Å². The molecular formula is C5H14N4O9S2. The predicted octanol–water partition coefficient (Wildman–Crippen LogP) is -2.27. The van der Waals surface area contributed by atoms with Gasteiger partial charge in [0.05, 0.1) is 25.0 Å². The largest absolute Gasteiger partial charge is 0.394 e. The average molecular weight is 338 g/mol. The zero-order valence-corrected chi connectivity index (χ0v) is 11.4. The van der Waals surface area contributed by atoms with Gasteiger partial charge in [0.25, 0.3) is 0 Å². The molecular weight excluding hydrogens is 324 g/mol. The first-order valence-corrected chi connectivity index (χ1v) is 7.12. The summed E-state index contributed by atoms with van der Waals surface area (Å²) in [5.41, 5.74) is 11.3. The van der Waals surface area contributed by atoms with Gasteiger partial charge in [-0.2, -0.15) is 21.9 Å². The van der Waals surface area contributed by atoms with Gasteiger partial charge in [-0.05, 0) is 0 Å². The van der Waals surface area contributed by atoms with Crippen LogP contribution in [0.1, 0.15) is 0 Å². The van der Waals surface area contributed by atoms with Gasteiger partial charge in [0, 0.05) is 0 Å². The van der Waals surface area contributed by atoms with Crippen molar-refractivity contribution < 1.29 is 40.2 Å². The van der Waals surface area contributed by atoms with E-state index in [1.165, 1.54) is 10.9 Å². The molecule has 1 aromatic rings. The summed E-state index contributed by atoms with van der Waals surface area (Å²) in [4.78, 5) is 0. The van der Waals surface area contributed by atoms with Crippen molar-refractivity contribution in [3.63, 3.8) is 0 Å². The number of nitrogens with two attached hydrogens (primary N) is 2. The van der Waals surface area contributed by atoms with Crippen molar-refractivity contribution in [1.82, 2.24) is 9.78 Å². The van der Waals surface area contributed by atoms with Crippen molar-refractivity contribution in [3.8, 4) is 0 Å². The number of nitrogen functional groups attached to an aromatic ring is 2. The minimum absolute atomic E-state index is 0.0192. The van der Waals surface area contributed by atoms with E-state index in [4.69, 9.17) is 51.6 Å². The number of aromatic nitrogens is 2. The Balaban J connectivity index is 0. The smallest absolute Gasteiger partial charge is 0.394 e. The van der Waals surface area contributed by atoms with Crippen molar-refractivity contribution in [2.45, 2.75) is 6.54 Å². The summed E-state index contributed by atoms with van der Waals surface area (Å²) in [6.07, 6.45) is 1.46. The van der Waals surface area contributed by atoms with Crippen molar-refractivity contribution in [3.05, 3.63) is 6.20 Å². The van der Waals surface area contributed by atoms with Gasteiger partial charge in [-0.1, -0.05) is 0 Å². The third-order valence-corrected chi connectivity index (χ3v) is 1.22. The van der Waals surface area contributed by atoms with Crippen molar-refractivity contribution in [1.29, 1.82) is 0 Å². The first-order valence-electron chi connectivity index (χ1n) is 4.33. The second-order valence-corrected chi connectivity index (χ2v) is 4.62. The van der Waals surface area contributed by atoms with Crippen LogP contribution in [0, 0.1) is 0 Å². The molecule has 0 aliphatic heterocycles. The molecule has 0 atom stereocenters. The number of nitrogens with zero attached hydrogens (tertiary/aromatic N) is 2. The lowest BCUT2D eigenvalue weighted by Crippen LogP contribution is -2.07. The standard InChI is InChI=1S/C5H10N4O.2H2O4S/c6-4-3-8-9(1-2-10)5(4)7;2*1-5(2,3)4/h3,10H,1-2,6-7H2;2*(H2,1,2,3,4). The van der Waals surface area contributed by atoms with E-state index in [1.54, 1.807) is 0 Å². The summed E-state index contributed by atoms with van der Waals surface area (Å²) in [5.74, 6) is 0.411. The highest BCUT2D eigenvalue weighted by atomic mass is 32.3. The lowest BCUT2D eigenvalue weighted by Gasteiger charge is -1.99. The molecule has 0 saturated carbocycles. The Morgan fingerprint density at radius 1 is 1.05 bits per heavy atom. The van der Waals surface area contributed by atoms with Crippen LogP contribution in [-0.2, 0) is 27.3 Å². The minimum atomic E-state index is -4.67. The molecule has 0 aliphatic rings. The van der Waals surface area contributed by atoms with Gasteiger partial charge in [0.1, 0.15) is 5.82 Å². The maximum Gasteiger partial charge on any atom is 0.394 e. The Bertz CT molecular complexity index is 546. The van der Waals surface area contributed by atoms with Crippen molar-refractivity contribution in [2.75, 3.05) is 18.1 Å². The van der Waals surface area contributed by atoms with Gasteiger partial charge in [0.15, 0.2) is 0 Å². The molecule has 0 aromatic carbocycles. The lowest BCUT2D eigenvalue weighted by molar-refractivity contribution is 0.270. The number of hydrogen-bond acceptors (Lipinski definition) is 8. The summed E-state index contributed by atoms with van der Waals surface area (Å²) in [6.45, 7) is 0.411. The Hall–Kier alpha value is -1.49. The van der Waals surface area contributed by atoms with Crippen molar-refractivity contribution in [2.24, 2.45) is 0 Å². The molecule has 0 unspecified atom stereocenters. The van der Waals surface area contributed by atoms with Gasteiger partial charge < -0.3 is 16.6 Å². The lowest BCUT2D eigenvalue weighted by atomic mass is 10.5. The van der Waals surface area contributed by atoms with E-state index in [1.807, 2.05) is 0 Å². The Kier molecular flexibility index (Phi) is 8.99. The predicted molar refractivity (Wildman–Crippen MR) is 66.5 cm³/mol. The first kappa shape index (κ1) is 20.8. The number of hydrogen-bond donors (Lipinski definition) is 7. The maximum absolute atomic E-state index is 8.74. The van der Waals surface area contributed by atoms with E-state index in [0.29, 0.717) is 18.1 Å². The van der Waals surface area contributed by atoms with Crippen LogP contribution in [0.15, 0.2) is 6.20 Å². The highest BCUT2D eigenvalue weighted by molar-refractivity contribution is 7.80. The second kappa shape index (κ2) is 8.64. The number of anilines is 2. The first-order chi connectivity index (χ1) is 8.75. The monoisotopic (exact) mass is 338 g/mol. The third-order valence-electron chi connectivity index (χ3n) is 1.22. The SMILES string of the molecule is Nc1cnn(CCO)c1N.O=S(=O)(O)O.O=S(=O)(O)O. The molecule has 0 radical (unpaired) electrons. The molecule has 20 heavy (non-hydrogen) atoms. The van der Waals surface area contributed by atoms with Crippen molar-refractivity contribution >= 4 is 32.3 Å². The molecule has 0 aliphatic carbocycles. The van der Waals surface area contributed by atoms with Crippen LogP contribution < -0.4 is 11.5 Å². The molecule has 120 valence electrons. The Morgan fingerprint density at radius 3 is 1.60 bits per heavy atom. The highest BCUT2D eigenvalue weighted by Gasteiger charge is 2.00. The quantitative estimate of drug-likeness (QED) is 0.282. The van der Waals surface area contributed by atoms with Crippen LogP contribution in [0.5, 0.6) is 0 Å². The summed E-state index contributed by atoms with van der Waals surface area (Å²) in [6, 6.07) is 0. The fourth-order valence-corrected chi connectivity index (χ4v) is 0.682. The second-order valence-electron chi connectivity index (χ2n) is 2.83. The van der Waals surface area contributed by atoms with Gasteiger partial charge in [0.2, 0.25) is 0 Å². The highest BCUT2D eigenvalue weighted by Crippen LogP contribution is 2.11. The topological polar surface area (TPSA) is 239 Å². The van der Waals surface area contributed by atoms with Crippen LogP contribution >= 0.6 is 0 Å². The maximum atomic E-state index is 8.74. The summed E-state index contributed by atoms with van der Waals surface area (Å²) in [7, 11) is -9.33. The van der Waals surface area contributed by atoms with E-state index >= 15 is 0 Å². The van der Waals surface area contributed by atoms with Crippen LogP contribution in [0.4, 0.5) is 11.5 Å². The van der Waals surface area contributed by atoms with Crippen LogP contribution in [0.2, 0.25) is 0 Å². The van der Waals surface area contributed by atoms with E-state index in [2.05, 4.69) is 5.10 Å². The van der Waals surface area contributed by atoms with Crippen LogP contribution in [-0.4, -0.2) is 56.5 Å². The Labute approximate surface area is 114 Å². The minimum Gasteiger partial charge on any atom is -0.394 e. The number of aliphatic hydroxyl groups excluding tert-OH is 1. The van der Waals surface area contributed by atoms with E-state index in [-0.39, 0.29) is 6.61 Å². The summed E-state index contributed by atoms with van der Waals surface area (Å²) >= 11 is 0. The molecule has 15 heteroatoms. The molecule has 1 rings (SSSR count). The molecule has 0 bridgehead atoms. The fourth-order valence-electron chi connectivity index (χ4n) is 0.682. The molecule has 0 saturated heterocycles. The molecule has 0 spiro atoms. The molecule has 0 amide bonds. The molecule has 0 fully saturated rings. The zero-order valence-electron chi connectivity index (χ0n) is 9.73. The zero-order chi connectivity index (χ0) is 16.6. The summed E-state index contributed by atoms with van der Waals surface area (Å²) in [5, 5.41) is 12.3.